The van der Waals surface area contributed by atoms with Crippen molar-refractivity contribution in [2.24, 2.45) is 0 Å². The third-order valence-corrected chi connectivity index (χ3v) is 4.94. The van der Waals surface area contributed by atoms with Gasteiger partial charge in [-0.25, -0.2) is 17.5 Å². The molecule has 0 aliphatic heterocycles. The van der Waals surface area contributed by atoms with E-state index >= 15 is 0 Å². The number of rotatable bonds is 4. The van der Waals surface area contributed by atoms with Crippen molar-refractivity contribution in [2.75, 3.05) is 0 Å². The van der Waals surface area contributed by atoms with Gasteiger partial charge >= 0.3 is 0 Å². The number of benzene rings is 1. The van der Waals surface area contributed by atoms with Crippen LogP contribution >= 0.6 is 11.3 Å². The van der Waals surface area contributed by atoms with Crippen LogP contribution in [0.1, 0.15) is 5.56 Å². The SMILES string of the molecule is O=S(=O)(NCc1ccc(F)cc1)c1cccs1. The fourth-order valence-electron chi connectivity index (χ4n) is 1.27. The lowest BCUT2D eigenvalue weighted by atomic mass is 10.2. The Labute approximate surface area is 103 Å². The van der Waals surface area contributed by atoms with E-state index < -0.39 is 10.0 Å². The Hall–Kier alpha value is -1.24. The van der Waals surface area contributed by atoms with E-state index in [1.165, 1.54) is 18.2 Å². The molecule has 3 nitrogen and oxygen atoms in total. The molecule has 0 atom stereocenters. The van der Waals surface area contributed by atoms with Crippen LogP contribution in [-0.4, -0.2) is 8.42 Å². The van der Waals surface area contributed by atoms with Gasteiger partial charge in [0.1, 0.15) is 10.0 Å². The molecule has 2 aromatic rings. The highest BCUT2D eigenvalue weighted by Crippen LogP contribution is 2.15. The first-order valence-corrected chi connectivity index (χ1v) is 7.22. The summed E-state index contributed by atoms with van der Waals surface area (Å²) in [4.78, 5) is 0. The molecule has 0 saturated carbocycles. The Bertz CT molecular complexity index is 576. The molecule has 17 heavy (non-hydrogen) atoms. The van der Waals surface area contributed by atoms with E-state index in [9.17, 15) is 12.8 Å². The first kappa shape index (κ1) is 12.2. The monoisotopic (exact) mass is 271 g/mol. The molecule has 0 bridgehead atoms. The minimum absolute atomic E-state index is 0.153. The second-order valence-electron chi connectivity index (χ2n) is 3.38. The van der Waals surface area contributed by atoms with E-state index in [1.54, 1.807) is 23.6 Å². The maximum Gasteiger partial charge on any atom is 0.250 e. The average Bonchev–Trinajstić information content (AvgIpc) is 2.82. The summed E-state index contributed by atoms with van der Waals surface area (Å²) in [7, 11) is -3.45. The summed E-state index contributed by atoms with van der Waals surface area (Å²) in [6.45, 7) is 0.153. The van der Waals surface area contributed by atoms with Crippen LogP contribution in [-0.2, 0) is 16.6 Å². The maximum atomic E-state index is 12.6. The predicted octanol–water partition coefficient (Wildman–Crippen LogP) is 2.37. The fraction of sp³-hybridized carbons (Fsp3) is 0.0909. The molecule has 0 unspecified atom stereocenters. The highest BCUT2D eigenvalue weighted by atomic mass is 32.2. The van der Waals surface area contributed by atoms with E-state index in [0.29, 0.717) is 5.56 Å². The van der Waals surface area contributed by atoms with Crippen LogP contribution in [0.5, 0.6) is 0 Å². The highest BCUT2D eigenvalue weighted by Gasteiger charge is 2.14. The Morgan fingerprint density at radius 2 is 1.88 bits per heavy atom. The summed E-state index contributed by atoms with van der Waals surface area (Å²) in [6.07, 6.45) is 0. The molecule has 0 amide bonds. The van der Waals surface area contributed by atoms with Crippen LogP contribution in [0, 0.1) is 5.82 Å². The number of sulfonamides is 1. The van der Waals surface area contributed by atoms with Gasteiger partial charge in [0.15, 0.2) is 0 Å². The van der Waals surface area contributed by atoms with Crippen LogP contribution < -0.4 is 4.72 Å². The number of hydrogen-bond acceptors (Lipinski definition) is 3. The van der Waals surface area contributed by atoms with Crippen LogP contribution in [0.2, 0.25) is 0 Å². The normalized spacial score (nSPS) is 11.6. The Morgan fingerprint density at radius 1 is 1.18 bits per heavy atom. The largest absolute Gasteiger partial charge is 0.250 e. The molecule has 6 heteroatoms. The van der Waals surface area contributed by atoms with E-state index in [0.717, 1.165) is 11.3 Å². The van der Waals surface area contributed by atoms with Gasteiger partial charge in [-0.2, -0.15) is 0 Å². The van der Waals surface area contributed by atoms with Gasteiger partial charge in [-0.1, -0.05) is 18.2 Å². The van der Waals surface area contributed by atoms with Crippen molar-refractivity contribution in [3.8, 4) is 0 Å². The molecular formula is C11H10FNO2S2. The van der Waals surface area contributed by atoms with E-state index in [1.807, 2.05) is 0 Å². The minimum Gasteiger partial charge on any atom is -0.207 e. The zero-order valence-electron chi connectivity index (χ0n) is 8.76. The lowest BCUT2D eigenvalue weighted by Crippen LogP contribution is -2.22. The summed E-state index contributed by atoms with van der Waals surface area (Å²) in [5.41, 5.74) is 0.714. The number of halogens is 1. The van der Waals surface area contributed by atoms with E-state index in [2.05, 4.69) is 4.72 Å². The van der Waals surface area contributed by atoms with Crippen LogP contribution in [0.25, 0.3) is 0 Å². The second-order valence-corrected chi connectivity index (χ2v) is 6.32. The molecule has 0 aliphatic rings. The van der Waals surface area contributed by atoms with E-state index in [-0.39, 0.29) is 16.6 Å². The summed E-state index contributed by atoms with van der Waals surface area (Å²) in [6, 6.07) is 8.91. The molecule has 2 rings (SSSR count). The molecule has 1 N–H and O–H groups in total. The lowest BCUT2D eigenvalue weighted by Gasteiger charge is -2.04. The van der Waals surface area contributed by atoms with Crippen molar-refractivity contribution in [3.63, 3.8) is 0 Å². The average molecular weight is 271 g/mol. The quantitative estimate of drug-likeness (QED) is 0.928. The first-order valence-electron chi connectivity index (χ1n) is 4.85. The van der Waals surface area contributed by atoms with E-state index in [4.69, 9.17) is 0 Å². The van der Waals surface area contributed by atoms with Gasteiger partial charge in [-0.05, 0) is 29.1 Å². The summed E-state index contributed by atoms with van der Waals surface area (Å²) in [5, 5.41) is 1.70. The third-order valence-electron chi connectivity index (χ3n) is 2.14. The number of nitrogens with one attached hydrogen (secondary N) is 1. The standard InChI is InChI=1S/C11H10FNO2S2/c12-10-5-3-9(4-6-10)8-13-17(14,15)11-2-1-7-16-11/h1-7,13H,8H2. The lowest BCUT2D eigenvalue weighted by molar-refractivity contribution is 0.583. The van der Waals surface area contributed by atoms with Crippen molar-refractivity contribution < 1.29 is 12.8 Å². The van der Waals surface area contributed by atoms with Crippen molar-refractivity contribution in [3.05, 3.63) is 53.2 Å². The molecule has 0 aliphatic carbocycles. The zero-order chi connectivity index (χ0) is 12.3. The Morgan fingerprint density at radius 3 is 2.47 bits per heavy atom. The molecule has 1 heterocycles. The summed E-state index contributed by atoms with van der Waals surface area (Å²) in [5.74, 6) is -0.338. The van der Waals surface area contributed by atoms with Gasteiger partial charge in [-0.3, -0.25) is 0 Å². The Balaban J connectivity index is 2.06. The zero-order valence-corrected chi connectivity index (χ0v) is 10.4. The minimum atomic E-state index is -3.45. The topological polar surface area (TPSA) is 46.2 Å². The highest BCUT2D eigenvalue weighted by molar-refractivity contribution is 7.91. The molecule has 0 fully saturated rings. The van der Waals surface area contributed by atoms with Crippen molar-refractivity contribution >= 4 is 21.4 Å². The van der Waals surface area contributed by atoms with Crippen molar-refractivity contribution in [1.82, 2.24) is 4.72 Å². The van der Waals surface area contributed by atoms with Crippen molar-refractivity contribution in [1.29, 1.82) is 0 Å². The molecular weight excluding hydrogens is 261 g/mol. The molecule has 0 spiro atoms. The predicted molar refractivity (Wildman–Crippen MR) is 64.7 cm³/mol. The third kappa shape index (κ3) is 3.12. The number of hydrogen-bond donors (Lipinski definition) is 1. The first-order chi connectivity index (χ1) is 8.08. The van der Waals surface area contributed by atoms with Crippen LogP contribution in [0.4, 0.5) is 4.39 Å². The summed E-state index contributed by atoms with van der Waals surface area (Å²) >= 11 is 1.16. The van der Waals surface area contributed by atoms with Crippen LogP contribution in [0.15, 0.2) is 46.0 Å². The van der Waals surface area contributed by atoms with Gasteiger partial charge in [0.05, 0.1) is 0 Å². The van der Waals surface area contributed by atoms with Gasteiger partial charge in [-0.15, -0.1) is 11.3 Å². The molecule has 0 radical (unpaired) electrons. The Kier molecular flexibility index (Phi) is 3.56. The fourth-order valence-corrected chi connectivity index (χ4v) is 3.32. The van der Waals surface area contributed by atoms with Crippen molar-refractivity contribution in [2.45, 2.75) is 10.8 Å². The maximum absolute atomic E-state index is 12.6. The van der Waals surface area contributed by atoms with Crippen LogP contribution in [0.3, 0.4) is 0 Å². The molecule has 0 saturated heterocycles. The second kappa shape index (κ2) is 4.95. The van der Waals surface area contributed by atoms with Gasteiger partial charge in [0, 0.05) is 6.54 Å². The van der Waals surface area contributed by atoms with Gasteiger partial charge in [0.25, 0.3) is 0 Å². The molecule has 1 aromatic carbocycles. The molecule has 1 aromatic heterocycles. The van der Waals surface area contributed by atoms with Gasteiger partial charge < -0.3 is 0 Å². The van der Waals surface area contributed by atoms with Gasteiger partial charge in [0.2, 0.25) is 10.0 Å². The number of thiophene rings is 1. The molecule has 90 valence electrons. The summed E-state index contributed by atoms with van der Waals surface area (Å²) < 4.78 is 38.9. The smallest absolute Gasteiger partial charge is 0.207 e.